The van der Waals surface area contributed by atoms with Crippen LogP contribution >= 0.6 is 0 Å². The normalized spacial score (nSPS) is 11.5. The van der Waals surface area contributed by atoms with Crippen LogP contribution in [0.3, 0.4) is 0 Å². The summed E-state index contributed by atoms with van der Waals surface area (Å²) in [6, 6.07) is 0.833. The molecule has 1 N–H and O–H groups in total. The zero-order valence-electron chi connectivity index (χ0n) is 7.82. The first-order valence-electron chi connectivity index (χ1n) is 3.61. The second-order valence-electron chi connectivity index (χ2n) is 3.63. The molecule has 0 rings (SSSR count). The molecule has 3 nitrogen and oxygen atoms in total. The van der Waals surface area contributed by atoms with Crippen LogP contribution in [-0.2, 0) is 4.74 Å². The molecule has 0 aliphatic carbocycles. The van der Waals surface area contributed by atoms with Gasteiger partial charge in [0.2, 0.25) is 0 Å². The highest BCUT2D eigenvalue weighted by atomic mass is 16.6. The second kappa shape index (κ2) is 3.60. The van der Waals surface area contributed by atoms with Crippen molar-refractivity contribution in [2.45, 2.75) is 40.2 Å². The van der Waals surface area contributed by atoms with Gasteiger partial charge in [-0.05, 0) is 34.6 Å². The van der Waals surface area contributed by atoms with Gasteiger partial charge < -0.3 is 10.1 Å². The lowest BCUT2D eigenvalue weighted by molar-refractivity contribution is 0.0534. The summed E-state index contributed by atoms with van der Waals surface area (Å²) in [7, 11) is 0. The van der Waals surface area contributed by atoms with Gasteiger partial charge in [0.25, 0.3) is 0 Å². The van der Waals surface area contributed by atoms with E-state index in [0.29, 0.717) is 0 Å². The van der Waals surface area contributed by atoms with Crippen LogP contribution in [0.15, 0.2) is 0 Å². The monoisotopic (exact) mass is 158 g/mol. The standard InChI is InChI=1S/C8H16NO2/c1-6(2)9-7(10)11-8(3,4)5/h1-5H3,(H,9,10). The lowest BCUT2D eigenvalue weighted by Gasteiger charge is -2.20. The van der Waals surface area contributed by atoms with Gasteiger partial charge in [0.05, 0.1) is 6.04 Å². The van der Waals surface area contributed by atoms with Crippen molar-refractivity contribution in [1.82, 2.24) is 5.32 Å². The largest absolute Gasteiger partial charge is 0.444 e. The van der Waals surface area contributed by atoms with Crippen molar-refractivity contribution in [3.05, 3.63) is 6.04 Å². The third-order valence-corrected chi connectivity index (χ3v) is 0.751. The van der Waals surface area contributed by atoms with E-state index < -0.39 is 11.7 Å². The molecule has 0 aromatic rings. The van der Waals surface area contributed by atoms with Crippen LogP contribution in [-0.4, -0.2) is 11.7 Å². The molecule has 0 aliphatic heterocycles. The summed E-state index contributed by atoms with van der Waals surface area (Å²) in [5.41, 5.74) is -0.417. The van der Waals surface area contributed by atoms with Gasteiger partial charge in [-0.1, -0.05) is 0 Å². The van der Waals surface area contributed by atoms with Crippen LogP contribution in [0, 0.1) is 6.04 Å². The van der Waals surface area contributed by atoms with E-state index in [1.165, 1.54) is 0 Å². The molecule has 65 valence electrons. The van der Waals surface area contributed by atoms with Crippen molar-refractivity contribution in [3.63, 3.8) is 0 Å². The van der Waals surface area contributed by atoms with Crippen LogP contribution in [0.5, 0.6) is 0 Å². The van der Waals surface area contributed by atoms with Crippen molar-refractivity contribution in [1.29, 1.82) is 0 Å². The fourth-order valence-corrected chi connectivity index (χ4v) is 0.508. The highest BCUT2D eigenvalue weighted by Gasteiger charge is 2.16. The van der Waals surface area contributed by atoms with Crippen LogP contribution in [0.1, 0.15) is 34.6 Å². The lowest BCUT2D eigenvalue weighted by Crippen LogP contribution is -2.33. The maximum absolute atomic E-state index is 10.9. The molecule has 0 fully saturated rings. The Morgan fingerprint density at radius 2 is 1.73 bits per heavy atom. The first-order valence-corrected chi connectivity index (χ1v) is 3.61. The van der Waals surface area contributed by atoms with Crippen molar-refractivity contribution in [2.24, 2.45) is 0 Å². The molecule has 11 heavy (non-hydrogen) atoms. The van der Waals surface area contributed by atoms with Gasteiger partial charge in [0, 0.05) is 0 Å². The summed E-state index contributed by atoms with van der Waals surface area (Å²) in [6.07, 6.45) is -0.391. The molecule has 0 heterocycles. The highest BCUT2D eigenvalue weighted by Crippen LogP contribution is 2.07. The molecular weight excluding hydrogens is 142 g/mol. The zero-order valence-corrected chi connectivity index (χ0v) is 7.82. The molecule has 3 heteroatoms. The predicted octanol–water partition coefficient (Wildman–Crippen LogP) is 2.08. The number of alkyl carbamates (subject to hydrolysis) is 1. The summed E-state index contributed by atoms with van der Waals surface area (Å²) >= 11 is 0. The number of hydrogen-bond donors (Lipinski definition) is 1. The van der Waals surface area contributed by atoms with Gasteiger partial charge in [-0.15, -0.1) is 0 Å². The van der Waals surface area contributed by atoms with Gasteiger partial charge in [0.15, 0.2) is 0 Å². The van der Waals surface area contributed by atoms with Crippen LogP contribution in [0.2, 0.25) is 0 Å². The molecular formula is C8H16NO2. The number of nitrogens with one attached hydrogen (secondary N) is 1. The van der Waals surface area contributed by atoms with Gasteiger partial charge in [-0.3, -0.25) is 0 Å². The molecule has 0 atom stereocenters. The highest BCUT2D eigenvalue weighted by molar-refractivity contribution is 5.69. The van der Waals surface area contributed by atoms with Crippen molar-refractivity contribution >= 4 is 6.09 Å². The molecule has 1 amide bonds. The topological polar surface area (TPSA) is 38.3 Å². The summed E-state index contributed by atoms with van der Waals surface area (Å²) in [4.78, 5) is 10.9. The number of carbonyl (C=O) groups excluding carboxylic acids is 1. The number of rotatable bonds is 1. The molecule has 0 aromatic carbocycles. The van der Waals surface area contributed by atoms with E-state index in [2.05, 4.69) is 5.32 Å². The van der Waals surface area contributed by atoms with E-state index in [0.717, 1.165) is 6.04 Å². The van der Waals surface area contributed by atoms with E-state index >= 15 is 0 Å². The minimum atomic E-state index is -0.417. The Hall–Kier alpha value is -0.730. The average molecular weight is 158 g/mol. The Labute approximate surface area is 68.1 Å². The van der Waals surface area contributed by atoms with E-state index in [9.17, 15) is 4.79 Å². The van der Waals surface area contributed by atoms with Gasteiger partial charge >= 0.3 is 6.09 Å². The van der Waals surface area contributed by atoms with E-state index in [1.54, 1.807) is 0 Å². The summed E-state index contributed by atoms with van der Waals surface area (Å²) in [5.74, 6) is 0. The Bertz CT molecular complexity index is 136. The summed E-state index contributed by atoms with van der Waals surface area (Å²) < 4.78 is 4.98. The third kappa shape index (κ3) is 7.16. The molecule has 0 saturated carbocycles. The molecule has 0 unspecified atom stereocenters. The van der Waals surface area contributed by atoms with E-state index in [-0.39, 0.29) is 0 Å². The number of hydrogen-bond acceptors (Lipinski definition) is 2. The Morgan fingerprint density at radius 3 is 2.00 bits per heavy atom. The second-order valence-corrected chi connectivity index (χ2v) is 3.63. The minimum absolute atomic E-state index is 0.391. The van der Waals surface area contributed by atoms with Crippen LogP contribution < -0.4 is 5.32 Å². The first-order chi connectivity index (χ1) is 4.81. The van der Waals surface area contributed by atoms with Gasteiger partial charge in [0.1, 0.15) is 5.60 Å². The van der Waals surface area contributed by atoms with Crippen molar-refractivity contribution < 1.29 is 9.53 Å². The number of amides is 1. The third-order valence-electron chi connectivity index (χ3n) is 0.751. The van der Waals surface area contributed by atoms with E-state index in [1.807, 2.05) is 34.6 Å². The SMILES string of the molecule is C[C](C)NC(=O)OC(C)(C)C. The fourth-order valence-electron chi connectivity index (χ4n) is 0.508. The summed E-state index contributed by atoms with van der Waals surface area (Å²) in [5, 5.41) is 2.55. The predicted molar refractivity (Wildman–Crippen MR) is 44.0 cm³/mol. The van der Waals surface area contributed by atoms with Crippen molar-refractivity contribution in [3.8, 4) is 0 Å². The number of ether oxygens (including phenoxy) is 1. The van der Waals surface area contributed by atoms with Gasteiger partial charge in [-0.25, -0.2) is 4.79 Å². The van der Waals surface area contributed by atoms with Gasteiger partial charge in [-0.2, -0.15) is 0 Å². The molecule has 0 bridgehead atoms. The Morgan fingerprint density at radius 1 is 1.27 bits per heavy atom. The van der Waals surface area contributed by atoms with Crippen LogP contribution in [0.4, 0.5) is 4.79 Å². The fraction of sp³-hybridized carbons (Fsp3) is 0.750. The van der Waals surface area contributed by atoms with Crippen LogP contribution in [0.25, 0.3) is 0 Å². The quantitative estimate of drug-likeness (QED) is 0.634. The molecule has 1 radical (unpaired) electrons. The zero-order chi connectivity index (χ0) is 9.07. The molecule has 0 aliphatic rings. The summed E-state index contributed by atoms with van der Waals surface area (Å²) in [6.45, 7) is 9.11. The lowest BCUT2D eigenvalue weighted by atomic mass is 10.2. The maximum Gasteiger partial charge on any atom is 0.408 e. The smallest absolute Gasteiger partial charge is 0.408 e. The Kier molecular flexibility index (Phi) is 3.36. The average Bonchev–Trinajstić information content (AvgIpc) is 1.53. The Balaban J connectivity index is 3.71. The molecule has 0 saturated heterocycles. The number of carbonyl (C=O) groups is 1. The maximum atomic E-state index is 10.9. The van der Waals surface area contributed by atoms with E-state index in [4.69, 9.17) is 4.74 Å². The minimum Gasteiger partial charge on any atom is -0.444 e. The molecule has 0 spiro atoms. The molecule has 0 aromatic heterocycles. The van der Waals surface area contributed by atoms with Crippen molar-refractivity contribution in [2.75, 3.05) is 0 Å². The first kappa shape index (κ1) is 10.3.